The summed E-state index contributed by atoms with van der Waals surface area (Å²) in [6.07, 6.45) is 2.05. The molecule has 17 heavy (non-hydrogen) atoms. The van der Waals surface area contributed by atoms with Gasteiger partial charge in [-0.15, -0.1) is 0 Å². The largest absolute Gasteiger partial charge is 0.385 e. The lowest BCUT2D eigenvalue weighted by Crippen LogP contribution is -2.42. The van der Waals surface area contributed by atoms with E-state index in [2.05, 4.69) is 5.32 Å². The summed E-state index contributed by atoms with van der Waals surface area (Å²) in [4.78, 5) is 0. The van der Waals surface area contributed by atoms with Crippen molar-refractivity contribution in [2.24, 2.45) is 5.92 Å². The van der Waals surface area contributed by atoms with Crippen molar-refractivity contribution in [3.63, 3.8) is 0 Å². The smallest absolute Gasteiger partial charge is 0.123 e. The monoisotopic (exact) mass is 237 g/mol. The normalized spacial score (nSPS) is 24.4. The third kappa shape index (κ3) is 2.67. The maximum atomic E-state index is 13.4. The molecular formula is C14H20FNO. The van der Waals surface area contributed by atoms with Crippen molar-refractivity contribution in [1.82, 2.24) is 5.32 Å². The van der Waals surface area contributed by atoms with Gasteiger partial charge >= 0.3 is 0 Å². The highest BCUT2D eigenvalue weighted by Crippen LogP contribution is 2.34. The number of hydrogen-bond acceptors (Lipinski definition) is 2. The molecule has 1 fully saturated rings. The molecule has 1 aromatic rings. The minimum atomic E-state index is -0.958. The Morgan fingerprint density at radius 1 is 1.41 bits per heavy atom. The average molecular weight is 237 g/mol. The lowest BCUT2D eigenvalue weighted by Gasteiger charge is -2.36. The minimum Gasteiger partial charge on any atom is -0.385 e. The highest BCUT2D eigenvalue weighted by Gasteiger charge is 2.34. The van der Waals surface area contributed by atoms with Crippen LogP contribution < -0.4 is 5.32 Å². The van der Waals surface area contributed by atoms with Gasteiger partial charge in [-0.1, -0.05) is 6.07 Å². The summed E-state index contributed by atoms with van der Waals surface area (Å²) < 4.78 is 13.4. The van der Waals surface area contributed by atoms with E-state index in [0.29, 0.717) is 5.56 Å². The molecule has 2 rings (SSSR count). The lowest BCUT2D eigenvalue weighted by molar-refractivity contribution is -0.0159. The molecule has 1 aromatic carbocycles. The number of piperidine rings is 1. The van der Waals surface area contributed by atoms with Crippen molar-refractivity contribution >= 4 is 0 Å². The zero-order valence-corrected chi connectivity index (χ0v) is 10.5. The molecule has 2 atom stereocenters. The number of nitrogens with one attached hydrogen (secondary N) is 1. The zero-order chi connectivity index (χ0) is 12.5. The van der Waals surface area contributed by atoms with Crippen LogP contribution in [0.15, 0.2) is 18.2 Å². The van der Waals surface area contributed by atoms with Gasteiger partial charge in [0, 0.05) is 12.5 Å². The maximum Gasteiger partial charge on any atom is 0.123 e. The zero-order valence-electron chi connectivity index (χ0n) is 10.5. The van der Waals surface area contributed by atoms with E-state index in [9.17, 15) is 9.50 Å². The summed E-state index contributed by atoms with van der Waals surface area (Å²) in [5.74, 6) is -0.124. The summed E-state index contributed by atoms with van der Waals surface area (Å²) in [6.45, 7) is 5.44. The molecule has 1 heterocycles. The van der Waals surface area contributed by atoms with E-state index in [0.717, 1.165) is 31.5 Å². The minimum absolute atomic E-state index is 0.150. The summed E-state index contributed by atoms with van der Waals surface area (Å²) in [5.41, 5.74) is 0.577. The number of rotatable bonds is 2. The first-order valence-electron chi connectivity index (χ1n) is 6.21. The third-order valence-electron chi connectivity index (χ3n) is 3.72. The number of benzene rings is 1. The Morgan fingerprint density at radius 2 is 2.18 bits per heavy atom. The summed E-state index contributed by atoms with van der Waals surface area (Å²) in [5, 5.41) is 13.9. The van der Waals surface area contributed by atoms with E-state index in [1.54, 1.807) is 6.92 Å². The SMILES string of the molecule is Cc1cc(F)cc(C(C)(O)C2CCCNC2)c1. The number of aliphatic hydroxyl groups is 1. The van der Waals surface area contributed by atoms with Crippen LogP contribution in [0.3, 0.4) is 0 Å². The van der Waals surface area contributed by atoms with Crippen molar-refractivity contribution < 1.29 is 9.50 Å². The van der Waals surface area contributed by atoms with Gasteiger partial charge in [-0.2, -0.15) is 0 Å². The van der Waals surface area contributed by atoms with Gasteiger partial charge in [0.05, 0.1) is 5.60 Å². The average Bonchev–Trinajstić information content (AvgIpc) is 2.29. The van der Waals surface area contributed by atoms with Gasteiger partial charge in [0.15, 0.2) is 0 Å². The molecule has 0 amide bonds. The van der Waals surface area contributed by atoms with Crippen molar-refractivity contribution in [1.29, 1.82) is 0 Å². The van der Waals surface area contributed by atoms with Crippen molar-refractivity contribution in [2.75, 3.05) is 13.1 Å². The molecule has 0 saturated carbocycles. The fourth-order valence-electron chi connectivity index (χ4n) is 2.60. The van der Waals surface area contributed by atoms with E-state index in [1.807, 2.05) is 13.0 Å². The molecule has 2 nitrogen and oxygen atoms in total. The predicted molar refractivity (Wildman–Crippen MR) is 66.3 cm³/mol. The molecule has 0 bridgehead atoms. The van der Waals surface area contributed by atoms with E-state index >= 15 is 0 Å². The number of halogens is 1. The second-order valence-electron chi connectivity index (χ2n) is 5.21. The Labute approximate surface area is 102 Å². The van der Waals surface area contributed by atoms with Crippen LogP contribution in [-0.2, 0) is 5.60 Å². The van der Waals surface area contributed by atoms with Crippen LogP contribution in [0.2, 0.25) is 0 Å². The first-order chi connectivity index (χ1) is 8.00. The Hall–Kier alpha value is -0.930. The topological polar surface area (TPSA) is 32.3 Å². The van der Waals surface area contributed by atoms with Crippen LogP contribution in [0.5, 0.6) is 0 Å². The molecule has 3 heteroatoms. The molecule has 0 aromatic heterocycles. The summed E-state index contributed by atoms with van der Waals surface area (Å²) in [7, 11) is 0. The Balaban J connectivity index is 2.29. The van der Waals surface area contributed by atoms with E-state index in [4.69, 9.17) is 0 Å². The van der Waals surface area contributed by atoms with Crippen molar-refractivity contribution in [2.45, 2.75) is 32.3 Å². The van der Waals surface area contributed by atoms with Gasteiger partial charge in [0.2, 0.25) is 0 Å². The van der Waals surface area contributed by atoms with Crippen LogP contribution in [0, 0.1) is 18.7 Å². The molecule has 0 radical (unpaired) electrons. The maximum absolute atomic E-state index is 13.4. The van der Waals surface area contributed by atoms with Gasteiger partial charge in [-0.05, 0) is 56.5 Å². The van der Waals surface area contributed by atoms with Crippen LogP contribution in [-0.4, -0.2) is 18.2 Å². The fourth-order valence-corrected chi connectivity index (χ4v) is 2.60. The Bertz CT molecular complexity index is 377. The van der Waals surface area contributed by atoms with E-state index in [-0.39, 0.29) is 11.7 Å². The quantitative estimate of drug-likeness (QED) is 0.827. The van der Waals surface area contributed by atoms with Crippen LogP contribution in [0.4, 0.5) is 4.39 Å². The van der Waals surface area contributed by atoms with Crippen LogP contribution >= 0.6 is 0 Å². The summed E-state index contributed by atoms with van der Waals surface area (Å²) in [6, 6.07) is 4.80. The molecule has 1 aliphatic rings. The first kappa shape index (κ1) is 12.5. The van der Waals surface area contributed by atoms with Gasteiger partial charge in [0.25, 0.3) is 0 Å². The molecule has 94 valence electrons. The predicted octanol–water partition coefficient (Wildman–Crippen LogP) is 2.34. The molecule has 1 saturated heterocycles. The van der Waals surface area contributed by atoms with E-state index in [1.165, 1.54) is 12.1 Å². The molecule has 1 aliphatic heterocycles. The van der Waals surface area contributed by atoms with Crippen LogP contribution in [0.1, 0.15) is 30.9 Å². The Morgan fingerprint density at radius 3 is 2.76 bits per heavy atom. The van der Waals surface area contributed by atoms with Crippen molar-refractivity contribution in [3.8, 4) is 0 Å². The van der Waals surface area contributed by atoms with Gasteiger partial charge in [-0.25, -0.2) is 4.39 Å². The molecule has 0 spiro atoms. The highest BCUT2D eigenvalue weighted by molar-refractivity contribution is 5.28. The second kappa shape index (κ2) is 4.75. The van der Waals surface area contributed by atoms with Gasteiger partial charge in [0.1, 0.15) is 5.82 Å². The highest BCUT2D eigenvalue weighted by atomic mass is 19.1. The second-order valence-corrected chi connectivity index (χ2v) is 5.21. The molecular weight excluding hydrogens is 217 g/mol. The fraction of sp³-hybridized carbons (Fsp3) is 0.571. The molecule has 2 N–H and O–H groups in total. The summed E-state index contributed by atoms with van der Waals surface area (Å²) >= 11 is 0. The molecule has 0 aliphatic carbocycles. The standard InChI is InChI=1S/C14H20FNO/c1-10-6-12(8-13(15)7-10)14(2,17)11-4-3-5-16-9-11/h6-8,11,16-17H,3-5,9H2,1-2H3. The third-order valence-corrected chi connectivity index (χ3v) is 3.72. The lowest BCUT2D eigenvalue weighted by atomic mass is 9.78. The number of aryl methyl sites for hydroxylation is 1. The number of hydrogen-bond donors (Lipinski definition) is 2. The van der Waals surface area contributed by atoms with Gasteiger partial charge < -0.3 is 10.4 Å². The van der Waals surface area contributed by atoms with Gasteiger partial charge in [-0.3, -0.25) is 0 Å². The van der Waals surface area contributed by atoms with Crippen molar-refractivity contribution in [3.05, 3.63) is 35.1 Å². The van der Waals surface area contributed by atoms with E-state index < -0.39 is 5.60 Å². The Kier molecular flexibility index (Phi) is 3.50. The first-order valence-corrected chi connectivity index (χ1v) is 6.21. The molecule has 2 unspecified atom stereocenters. The van der Waals surface area contributed by atoms with Crippen LogP contribution in [0.25, 0.3) is 0 Å².